The molecule has 0 bridgehead atoms. The van der Waals surface area contributed by atoms with Gasteiger partial charge in [0.1, 0.15) is 11.5 Å². The quantitative estimate of drug-likeness (QED) is 0.745. The zero-order valence-corrected chi connectivity index (χ0v) is 12.0. The Morgan fingerprint density at radius 1 is 1.21 bits per heavy atom. The van der Waals surface area contributed by atoms with Gasteiger partial charge in [-0.2, -0.15) is 0 Å². The highest BCUT2D eigenvalue weighted by atomic mass is 79.9. The van der Waals surface area contributed by atoms with Crippen LogP contribution in [0.3, 0.4) is 0 Å². The van der Waals surface area contributed by atoms with Crippen molar-refractivity contribution in [2.75, 3.05) is 5.73 Å². The van der Waals surface area contributed by atoms with Crippen LogP contribution in [0.25, 0.3) is 21.7 Å². The summed E-state index contributed by atoms with van der Waals surface area (Å²) in [6.07, 6.45) is 0. The maximum Gasteiger partial charge on any atom is 0.230 e. The number of halogens is 2. The van der Waals surface area contributed by atoms with Gasteiger partial charge in [-0.1, -0.05) is 17.3 Å². The summed E-state index contributed by atoms with van der Waals surface area (Å²) in [5.41, 5.74) is 7.95. The van der Waals surface area contributed by atoms with E-state index < -0.39 is 0 Å². The molecule has 1 aromatic carbocycles. The lowest BCUT2D eigenvalue weighted by Gasteiger charge is -2.01. The first kappa shape index (κ1) is 12.4. The number of nitrogen functional groups attached to an aromatic ring is 1. The molecule has 6 heteroatoms. The monoisotopic (exact) mass is 338 g/mol. The van der Waals surface area contributed by atoms with Crippen LogP contribution in [0.1, 0.15) is 0 Å². The summed E-state index contributed by atoms with van der Waals surface area (Å²) in [5.74, 6) is -0.0699. The Morgan fingerprint density at radius 3 is 2.58 bits per heavy atom. The third-order valence-electron chi connectivity index (χ3n) is 2.68. The van der Waals surface area contributed by atoms with Gasteiger partial charge in [0.15, 0.2) is 0 Å². The second-order valence-corrected chi connectivity index (χ2v) is 5.65. The number of hydrogen-bond donors (Lipinski definition) is 1. The Bertz CT molecular complexity index is 721. The molecule has 3 nitrogen and oxygen atoms in total. The van der Waals surface area contributed by atoms with Crippen LogP contribution in [-0.2, 0) is 0 Å². The number of thiophene rings is 1. The Morgan fingerprint density at radius 2 is 1.95 bits per heavy atom. The van der Waals surface area contributed by atoms with Crippen LogP contribution >= 0.6 is 27.3 Å². The summed E-state index contributed by atoms with van der Waals surface area (Å²) in [5, 5.41) is 5.95. The first-order chi connectivity index (χ1) is 9.16. The van der Waals surface area contributed by atoms with Gasteiger partial charge in [0, 0.05) is 4.47 Å². The van der Waals surface area contributed by atoms with E-state index in [1.807, 2.05) is 11.4 Å². The lowest BCUT2D eigenvalue weighted by Crippen LogP contribution is -1.87. The molecule has 96 valence electrons. The molecule has 0 saturated carbocycles. The third-order valence-corrected chi connectivity index (χ3v) is 4.53. The fraction of sp³-hybridized carbons (Fsp3) is 0. The highest BCUT2D eigenvalue weighted by Crippen LogP contribution is 2.41. The number of aromatic nitrogens is 1. The third kappa shape index (κ3) is 2.17. The summed E-state index contributed by atoms with van der Waals surface area (Å²) >= 11 is 4.99. The molecule has 0 atom stereocenters. The van der Waals surface area contributed by atoms with E-state index in [4.69, 9.17) is 10.3 Å². The normalized spacial score (nSPS) is 10.8. The fourth-order valence-corrected chi connectivity index (χ4v) is 3.36. The smallest absolute Gasteiger partial charge is 0.230 e. The van der Waals surface area contributed by atoms with Crippen LogP contribution in [-0.4, -0.2) is 5.16 Å². The maximum absolute atomic E-state index is 13.0. The molecule has 0 aliphatic rings. The van der Waals surface area contributed by atoms with Gasteiger partial charge in [0.05, 0.1) is 10.4 Å². The zero-order chi connectivity index (χ0) is 13.4. The summed E-state index contributed by atoms with van der Waals surface area (Å²) in [4.78, 5) is 0.930. The van der Waals surface area contributed by atoms with Gasteiger partial charge in [-0.3, -0.25) is 0 Å². The molecule has 0 radical (unpaired) electrons. The van der Waals surface area contributed by atoms with Gasteiger partial charge >= 0.3 is 0 Å². The van der Waals surface area contributed by atoms with Crippen molar-refractivity contribution in [1.82, 2.24) is 5.16 Å². The first-order valence-electron chi connectivity index (χ1n) is 5.41. The molecule has 3 rings (SSSR count). The van der Waals surface area contributed by atoms with Gasteiger partial charge in [-0.25, -0.2) is 4.39 Å². The largest absolute Gasteiger partial charge is 0.367 e. The number of anilines is 1. The summed E-state index contributed by atoms with van der Waals surface area (Å²) < 4.78 is 19.0. The average Bonchev–Trinajstić information content (AvgIpc) is 2.97. The number of rotatable bonds is 2. The Hall–Kier alpha value is -1.66. The molecule has 3 aromatic rings. The van der Waals surface area contributed by atoms with Crippen molar-refractivity contribution < 1.29 is 8.91 Å². The molecule has 2 N–H and O–H groups in total. The topological polar surface area (TPSA) is 52.0 Å². The van der Waals surface area contributed by atoms with Crippen LogP contribution in [0.4, 0.5) is 10.3 Å². The highest BCUT2D eigenvalue weighted by Gasteiger charge is 2.20. The number of benzene rings is 1. The summed E-state index contributed by atoms with van der Waals surface area (Å²) in [7, 11) is 0. The SMILES string of the molecule is Nc1onc(-c2sccc2Br)c1-c1ccc(F)cc1. The van der Waals surface area contributed by atoms with Gasteiger partial charge in [0.2, 0.25) is 5.88 Å². The minimum Gasteiger partial charge on any atom is -0.367 e. The molecule has 0 aliphatic heterocycles. The lowest BCUT2D eigenvalue weighted by molar-refractivity contribution is 0.439. The van der Waals surface area contributed by atoms with Crippen LogP contribution in [0, 0.1) is 5.82 Å². The molecule has 0 amide bonds. The van der Waals surface area contributed by atoms with Crippen LogP contribution < -0.4 is 5.73 Å². The van der Waals surface area contributed by atoms with Crippen molar-refractivity contribution in [3.05, 3.63) is 46.0 Å². The van der Waals surface area contributed by atoms with E-state index in [0.29, 0.717) is 11.3 Å². The lowest BCUT2D eigenvalue weighted by atomic mass is 10.0. The minimum absolute atomic E-state index is 0.224. The Kier molecular flexibility index (Phi) is 3.12. The van der Waals surface area contributed by atoms with Crippen LogP contribution in [0.15, 0.2) is 44.7 Å². The van der Waals surface area contributed by atoms with E-state index in [0.717, 1.165) is 14.9 Å². The molecule has 19 heavy (non-hydrogen) atoms. The van der Waals surface area contributed by atoms with Crippen molar-refractivity contribution in [2.24, 2.45) is 0 Å². The molecule has 0 spiro atoms. The van der Waals surface area contributed by atoms with Gasteiger partial charge in [-0.15, -0.1) is 11.3 Å². The molecule has 0 unspecified atom stereocenters. The second kappa shape index (κ2) is 4.79. The van der Waals surface area contributed by atoms with Crippen LogP contribution in [0.2, 0.25) is 0 Å². The molecule has 2 aromatic heterocycles. The van der Waals surface area contributed by atoms with Crippen molar-refractivity contribution in [3.8, 4) is 21.7 Å². The van der Waals surface area contributed by atoms with Crippen LogP contribution in [0.5, 0.6) is 0 Å². The van der Waals surface area contributed by atoms with Crippen molar-refractivity contribution in [1.29, 1.82) is 0 Å². The van der Waals surface area contributed by atoms with E-state index in [2.05, 4.69) is 21.1 Å². The number of hydrogen-bond acceptors (Lipinski definition) is 4. The Labute approximate surface area is 121 Å². The Balaban J connectivity index is 2.19. The van der Waals surface area contributed by atoms with Gasteiger partial charge in [-0.05, 0) is 45.1 Å². The fourth-order valence-electron chi connectivity index (χ4n) is 1.82. The zero-order valence-electron chi connectivity index (χ0n) is 9.56. The average molecular weight is 339 g/mol. The maximum atomic E-state index is 13.0. The highest BCUT2D eigenvalue weighted by molar-refractivity contribution is 9.10. The predicted octanol–water partition coefficient (Wildman–Crippen LogP) is 4.55. The molecule has 0 saturated heterocycles. The van der Waals surface area contributed by atoms with Gasteiger partial charge < -0.3 is 10.3 Å². The number of nitrogens with two attached hydrogens (primary N) is 1. The predicted molar refractivity (Wildman–Crippen MR) is 77.3 cm³/mol. The van der Waals surface area contributed by atoms with Crippen molar-refractivity contribution in [3.63, 3.8) is 0 Å². The van der Waals surface area contributed by atoms with E-state index >= 15 is 0 Å². The number of nitrogens with zero attached hydrogens (tertiary/aromatic N) is 1. The van der Waals surface area contributed by atoms with E-state index in [1.165, 1.54) is 23.5 Å². The first-order valence-corrected chi connectivity index (χ1v) is 7.08. The summed E-state index contributed by atoms with van der Waals surface area (Å²) in [6.45, 7) is 0. The molecular formula is C13H8BrFN2OS. The standard InChI is InChI=1S/C13H8BrFN2OS/c14-9-5-6-19-12(9)11-10(13(16)18-17-11)7-1-3-8(15)4-2-7/h1-6H,16H2. The van der Waals surface area contributed by atoms with E-state index in [1.54, 1.807) is 12.1 Å². The molecule has 0 fully saturated rings. The van der Waals surface area contributed by atoms with Crippen molar-refractivity contribution in [2.45, 2.75) is 0 Å². The molecule has 0 aliphatic carbocycles. The molecular weight excluding hydrogens is 331 g/mol. The summed E-state index contributed by atoms with van der Waals surface area (Å²) in [6, 6.07) is 8.01. The minimum atomic E-state index is -0.294. The van der Waals surface area contributed by atoms with E-state index in [-0.39, 0.29) is 11.7 Å². The van der Waals surface area contributed by atoms with Crippen molar-refractivity contribution >= 4 is 33.2 Å². The molecule has 2 heterocycles. The van der Waals surface area contributed by atoms with E-state index in [9.17, 15) is 4.39 Å². The second-order valence-electron chi connectivity index (χ2n) is 3.87. The van der Waals surface area contributed by atoms with Gasteiger partial charge in [0.25, 0.3) is 0 Å².